The Balaban J connectivity index is 1.78. The first-order valence-electron chi connectivity index (χ1n) is 10.8. The molecule has 3 aromatic rings. The zero-order valence-electron chi connectivity index (χ0n) is 19.3. The molecule has 2 aromatic carbocycles. The molecular formula is C26H29N5O3. The summed E-state index contributed by atoms with van der Waals surface area (Å²) in [7, 11) is 3.29. The summed E-state index contributed by atoms with van der Waals surface area (Å²) in [5.41, 5.74) is 14.2. The lowest BCUT2D eigenvalue weighted by atomic mass is 10.1. The minimum atomic E-state index is 0.0628. The van der Waals surface area contributed by atoms with Crippen molar-refractivity contribution >= 4 is 30.3 Å². The second kappa shape index (κ2) is 12.6. The minimum Gasteiger partial charge on any atom is -0.497 e. The lowest BCUT2D eigenvalue weighted by Gasteiger charge is -2.06. The molecule has 176 valence electrons. The van der Waals surface area contributed by atoms with Crippen molar-refractivity contribution in [2.45, 2.75) is 6.42 Å². The number of hydrogen-bond donors (Lipinski definition) is 2. The number of nitrogens with two attached hydrogens (primary N) is 2. The monoisotopic (exact) mass is 459 g/mol. The van der Waals surface area contributed by atoms with Crippen LogP contribution < -0.4 is 25.7 Å². The maximum Gasteiger partial charge on any atom is 0.317 e. The maximum absolute atomic E-state index is 5.76. The molecule has 0 spiro atoms. The number of aromatic nitrogens is 2. The summed E-state index contributed by atoms with van der Waals surface area (Å²) < 4.78 is 16.2. The topological polar surface area (TPSA) is 118 Å². The molecular weight excluding hydrogens is 430 g/mol. The molecule has 8 heteroatoms. The van der Waals surface area contributed by atoms with Crippen molar-refractivity contribution in [1.82, 2.24) is 9.97 Å². The molecule has 34 heavy (non-hydrogen) atoms. The molecule has 1 aromatic heterocycles. The molecule has 0 unspecified atom stereocenters. The molecule has 0 saturated carbocycles. The smallest absolute Gasteiger partial charge is 0.317 e. The first-order valence-corrected chi connectivity index (χ1v) is 10.8. The SMILES string of the molecule is COc1ccc(C=Cc2cc(C=Cc3ccc(OC)cc3)nc(OCCCN=C(N)N)n2)cc1. The van der Waals surface area contributed by atoms with Gasteiger partial charge in [-0.05, 0) is 53.6 Å². The van der Waals surface area contributed by atoms with Crippen LogP contribution in [-0.4, -0.2) is 43.3 Å². The summed E-state index contributed by atoms with van der Waals surface area (Å²) in [4.78, 5) is 13.0. The number of ether oxygens (including phenoxy) is 3. The standard InChI is InChI=1S/C26H29N5O3/c1-32-23-12-6-19(7-13-23)4-10-21-18-22(11-5-20-8-14-24(33-2)15-9-20)31-26(30-21)34-17-3-16-29-25(27)28/h4-15,18H,3,16-17H2,1-2H3,(H4,27,28,29). The Hall–Kier alpha value is -4.33. The normalized spacial score (nSPS) is 11.0. The molecule has 0 aliphatic heterocycles. The Bertz CT molecular complexity index is 1060. The van der Waals surface area contributed by atoms with Crippen LogP contribution in [0.5, 0.6) is 17.5 Å². The molecule has 8 nitrogen and oxygen atoms in total. The van der Waals surface area contributed by atoms with Crippen molar-refractivity contribution in [3.8, 4) is 17.5 Å². The highest BCUT2D eigenvalue weighted by molar-refractivity contribution is 5.75. The molecule has 0 aliphatic carbocycles. The number of methoxy groups -OCH3 is 2. The molecule has 0 amide bonds. The average Bonchev–Trinajstić information content (AvgIpc) is 2.86. The molecule has 1 heterocycles. The van der Waals surface area contributed by atoms with Gasteiger partial charge >= 0.3 is 6.01 Å². The summed E-state index contributed by atoms with van der Waals surface area (Å²) in [5, 5.41) is 0. The predicted octanol–water partition coefficient (Wildman–Crippen LogP) is 3.88. The molecule has 0 saturated heterocycles. The van der Waals surface area contributed by atoms with Gasteiger partial charge in [-0.25, -0.2) is 0 Å². The van der Waals surface area contributed by atoms with Crippen LogP contribution in [-0.2, 0) is 0 Å². The summed E-state index contributed by atoms with van der Waals surface area (Å²) in [5.74, 6) is 1.68. The van der Waals surface area contributed by atoms with Crippen LogP contribution in [0, 0.1) is 0 Å². The van der Waals surface area contributed by atoms with Crippen LogP contribution in [0.3, 0.4) is 0 Å². The van der Waals surface area contributed by atoms with Gasteiger partial charge < -0.3 is 25.7 Å². The summed E-state index contributed by atoms with van der Waals surface area (Å²) in [6, 6.07) is 17.7. The molecule has 0 radical (unpaired) electrons. The zero-order valence-corrected chi connectivity index (χ0v) is 19.3. The highest BCUT2D eigenvalue weighted by atomic mass is 16.5. The number of hydrogen-bond acceptors (Lipinski definition) is 6. The van der Waals surface area contributed by atoms with Gasteiger partial charge in [0.2, 0.25) is 0 Å². The fourth-order valence-corrected chi connectivity index (χ4v) is 2.93. The van der Waals surface area contributed by atoms with Gasteiger partial charge in [-0.3, -0.25) is 4.99 Å². The van der Waals surface area contributed by atoms with E-state index in [1.807, 2.05) is 78.9 Å². The molecule has 0 aliphatic rings. The highest BCUT2D eigenvalue weighted by Crippen LogP contribution is 2.17. The van der Waals surface area contributed by atoms with Crippen molar-refractivity contribution in [3.63, 3.8) is 0 Å². The first kappa shape index (κ1) is 24.3. The van der Waals surface area contributed by atoms with E-state index in [-0.39, 0.29) is 12.0 Å². The lowest BCUT2D eigenvalue weighted by Crippen LogP contribution is -2.23. The zero-order chi connectivity index (χ0) is 24.2. The Morgan fingerprint density at radius 1 is 0.794 bits per heavy atom. The second-order valence-electron chi connectivity index (χ2n) is 7.22. The van der Waals surface area contributed by atoms with E-state index in [9.17, 15) is 0 Å². The van der Waals surface area contributed by atoms with Crippen molar-refractivity contribution < 1.29 is 14.2 Å². The molecule has 0 bridgehead atoms. The average molecular weight is 460 g/mol. The third-order valence-electron chi connectivity index (χ3n) is 4.70. The first-order chi connectivity index (χ1) is 16.6. The molecule has 0 atom stereocenters. The van der Waals surface area contributed by atoms with E-state index in [4.69, 9.17) is 25.7 Å². The van der Waals surface area contributed by atoms with Gasteiger partial charge in [-0.2, -0.15) is 9.97 Å². The van der Waals surface area contributed by atoms with Crippen LogP contribution in [0.1, 0.15) is 28.9 Å². The van der Waals surface area contributed by atoms with E-state index >= 15 is 0 Å². The van der Waals surface area contributed by atoms with E-state index in [0.717, 1.165) is 34.0 Å². The van der Waals surface area contributed by atoms with Crippen LogP contribution >= 0.6 is 0 Å². The minimum absolute atomic E-state index is 0.0628. The van der Waals surface area contributed by atoms with E-state index in [1.54, 1.807) is 14.2 Å². The Labute approximate surface area is 199 Å². The van der Waals surface area contributed by atoms with Crippen LogP contribution in [0.15, 0.2) is 59.6 Å². The number of benzene rings is 2. The fraction of sp³-hybridized carbons (Fsp3) is 0.192. The number of nitrogens with zero attached hydrogens (tertiary/aromatic N) is 3. The third kappa shape index (κ3) is 7.98. The Kier molecular flexibility index (Phi) is 9.04. The van der Waals surface area contributed by atoms with Gasteiger partial charge in [0.25, 0.3) is 0 Å². The van der Waals surface area contributed by atoms with E-state index < -0.39 is 0 Å². The Morgan fingerprint density at radius 2 is 1.29 bits per heavy atom. The molecule has 4 N–H and O–H groups in total. The van der Waals surface area contributed by atoms with Gasteiger partial charge in [0, 0.05) is 13.0 Å². The maximum atomic E-state index is 5.76. The van der Waals surface area contributed by atoms with E-state index in [0.29, 0.717) is 19.6 Å². The van der Waals surface area contributed by atoms with Crippen molar-refractivity contribution in [1.29, 1.82) is 0 Å². The number of guanidine groups is 1. The summed E-state index contributed by atoms with van der Waals surface area (Å²) in [6.45, 7) is 0.869. The Morgan fingerprint density at radius 3 is 1.74 bits per heavy atom. The van der Waals surface area contributed by atoms with Gasteiger partial charge in [0.1, 0.15) is 11.5 Å². The molecule has 0 fully saturated rings. The third-order valence-corrected chi connectivity index (χ3v) is 4.70. The second-order valence-corrected chi connectivity index (χ2v) is 7.22. The van der Waals surface area contributed by atoms with Crippen molar-refractivity contribution in [3.05, 3.63) is 77.1 Å². The molecule has 3 rings (SSSR count). The largest absolute Gasteiger partial charge is 0.497 e. The number of rotatable bonds is 11. The van der Waals surface area contributed by atoms with Gasteiger partial charge in [0.15, 0.2) is 5.96 Å². The van der Waals surface area contributed by atoms with E-state index in [1.165, 1.54) is 0 Å². The number of aliphatic imine (C=N–C) groups is 1. The van der Waals surface area contributed by atoms with Gasteiger partial charge in [-0.1, -0.05) is 36.4 Å². The van der Waals surface area contributed by atoms with Crippen LogP contribution in [0.4, 0.5) is 0 Å². The highest BCUT2D eigenvalue weighted by Gasteiger charge is 2.04. The van der Waals surface area contributed by atoms with Crippen LogP contribution in [0.2, 0.25) is 0 Å². The lowest BCUT2D eigenvalue weighted by molar-refractivity contribution is 0.288. The van der Waals surface area contributed by atoms with Crippen molar-refractivity contribution in [2.75, 3.05) is 27.4 Å². The van der Waals surface area contributed by atoms with Crippen molar-refractivity contribution in [2.24, 2.45) is 16.5 Å². The fourth-order valence-electron chi connectivity index (χ4n) is 2.93. The summed E-state index contributed by atoms with van der Waals surface area (Å²) >= 11 is 0. The van der Waals surface area contributed by atoms with Gasteiger partial charge in [0.05, 0.1) is 32.2 Å². The van der Waals surface area contributed by atoms with Crippen LogP contribution in [0.25, 0.3) is 24.3 Å². The van der Waals surface area contributed by atoms with Gasteiger partial charge in [-0.15, -0.1) is 0 Å². The van der Waals surface area contributed by atoms with E-state index in [2.05, 4.69) is 15.0 Å². The predicted molar refractivity (Wildman–Crippen MR) is 137 cm³/mol. The quantitative estimate of drug-likeness (QED) is 0.254. The summed E-state index contributed by atoms with van der Waals surface area (Å²) in [6.07, 6.45) is 8.42.